The van der Waals surface area contributed by atoms with Gasteiger partial charge in [-0.05, 0) is 19.3 Å². The molecule has 0 N–H and O–H groups in total. The predicted molar refractivity (Wildman–Crippen MR) is 49.2 cm³/mol. The van der Waals surface area contributed by atoms with Crippen LogP contribution in [-0.4, -0.2) is 25.8 Å². The van der Waals surface area contributed by atoms with E-state index in [2.05, 4.69) is 6.58 Å². The summed E-state index contributed by atoms with van der Waals surface area (Å²) < 4.78 is 10.1. The number of esters is 1. The van der Waals surface area contributed by atoms with Gasteiger partial charge in [0.05, 0.1) is 25.7 Å². The molecule has 1 rings (SSSR count). The lowest BCUT2D eigenvalue weighted by atomic mass is 10.3. The fourth-order valence-corrected chi connectivity index (χ4v) is 1.27. The smallest absolute Gasteiger partial charge is 0.309 e. The monoisotopic (exact) mass is 184 g/mol. The Bertz CT molecular complexity index is 189. The van der Waals surface area contributed by atoms with Gasteiger partial charge in [-0.25, -0.2) is 0 Å². The molecule has 3 nitrogen and oxygen atoms in total. The van der Waals surface area contributed by atoms with Crippen LogP contribution >= 0.6 is 0 Å². The van der Waals surface area contributed by atoms with E-state index in [1.54, 1.807) is 6.08 Å². The molecule has 1 fully saturated rings. The van der Waals surface area contributed by atoms with E-state index in [9.17, 15) is 4.79 Å². The van der Waals surface area contributed by atoms with Crippen molar-refractivity contribution in [3.63, 3.8) is 0 Å². The molecule has 2 atom stereocenters. The Balaban J connectivity index is 2.07. The van der Waals surface area contributed by atoms with E-state index in [1.165, 1.54) is 0 Å². The normalized spacial score (nSPS) is 25.3. The summed E-state index contributed by atoms with van der Waals surface area (Å²) in [7, 11) is 0. The van der Waals surface area contributed by atoms with Gasteiger partial charge in [-0.15, -0.1) is 6.58 Å². The number of hydrogen-bond acceptors (Lipinski definition) is 3. The highest BCUT2D eigenvalue weighted by Crippen LogP contribution is 2.39. The number of rotatable bonds is 6. The van der Waals surface area contributed by atoms with E-state index in [0.29, 0.717) is 25.7 Å². The fourth-order valence-electron chi connectivity index (χ4n) is 1.27. The zero-order valence-electron chi connectivity index (χ0n) is 7.99. The van der Waals surface area contributed by atoms with Crippen LogP contribution in [0, 0.1) is 11.8 Å². The summed E-state index contributed by atoms with van der Waals surface area (Å²) in [5.74, 6) is 0.387. The second kappa shape index (κ2) is 5.02. The number of ether oxygens (including phenoxy) is 2. The molecule has 3 heteroatoms. The maximum Gasteiger partial charge on any atom is 0.309 e. The standard InChI is InChI=1S/C10H16O3/c1-3-5-12-7-8-6-9(8)10(11)13-4-2/h3,8-9H,1,4-7H2,2H3. The Morgan fingerprint density at radius 2 is 2.46 bits per heavy atom. The highest BCUT2D eigenvalue weighted by molar-refractivity contribution is 5.75. The molecule has 1 aliphatic rings. The summed E-state index contributed by atoms with van der Waals surface area (Å²) in [5.41, 5.74) is 0. The van der Waals surface area contributed by atoms with E-state index in [0.717, 1.165) is 6.42 Å². The highest BCUT2D eigenvalue weighted by atomic mass is 16.5. The molecule has 0 amide bonds. The van der Waals surface area contributed by atoms with Gasteiger partial charge in [-0.2, -0.15) is 0 Å². The van der Waals surface area contributed by atoms with Crippen LogP contribution in [-0.2, 0) is 14.3 Å². The molecule has 0 radical (unpaired) electrons. The molecule has 1 aliphatic carbocycles. The third-order valence-corrected chi connectivity index (χ3v) is 2.08. The van der Waals surface area contributed by atoms with Crippen molar-refractivity contribution < 1.29 is 14.3 Å². The van der Waals surface area contributed by atoms with E-state index < -0.39 is 0 Å². The Hall–Kier alpha value is -0.830. The minimum atomic E-state index is -0.0743. The first-order chi connectivity index (χ1) is 6.29. The van der Waals surface area contributed by atoms with Gasteiger partial charge in [0.2, 0.25) is 0 Å². The number of carbonyl (C=O) groups is 1. The van der Waals surface area contributed by atoms with Crippen LogP contribution < -0.4 is 0 Å². The van der Waals surface area contributed by atoms with Gasteiger partial charge in [0.1, 0.15) is 0 Å². The second-order valence-corrected chi connectivity index (χ2v) is 3.18. The second-order valence-electron chi connectivity index (χ2n) is 3.18. The zero-order valence-corrected chi connectivity index (χ0v) is 7.99. The zero-order chi connectivity index (χ0) is 9.68. The lowest BCUT2D eigenvalue weighted by Crippen LogP contribution is -2.09. The molecular formula is C10H16O3. The third kappa shape index (κ3) is 3.19. The minimum Gasteiger partial charge on any atom is -0.466 e. The lowest BCUT2D eigenvalue weighted by Gasteiger charge is -2.00. The van der Waals surface area contributed by atoms with Crippen LogP contribution in [0.25, 0.3) is 0 Å². The molecule has 1 saturated carbocycles. The predicted octanol–water partition coefficient (Wildman–Crippen LogP) is 1.39. The van der Waals surface area contributed by atoms with E-state index >= 15 is 0 Å². The van der Waals surface area contributed by atoms with Crippen molar-refractivity contribution in [2.45, 2.75) is 13.3 Å². The first-order valence-corrected chi connectivity index (χ1v) is 4.64. The first-order valence-electron chi connectivity index (χ1n) is 4.64. The van der Waals surface area contributed by atoms with Crippen LogP contribution in [0.15, 0.2) is 12.7 Å². The summed E-state index contributed by atoms with van der Waals surface area (Å²) in [6.07, 6.45) is 2.62. The fraction of sp³-hybridized carbons (Fsp3) is 0.700. The molecule has 0 aliphatic heterocycles. The largest absolute Gasteiger partial charge is 0.466 e. The topological polar surface area (TPSA) is 35.5 Å². The van der Waals surface area contributed by atoms with Crippen molar-refractivity contribution in [3.05, 3.63) is 12.7 Å². The van der Waals surface area contributed by atoms with Crippen LogP contribution in [0.3, 0.4) is 0 Å². The van der Waals surface area contributed by atoms with Crippen molar-refractivity contribution >= 4 is 5.97 Å². The van der Waals surface area contributed by atoms with Crippen LogP contribution in [0.2, 0.25) is 0 Å². The lowest BCUT2D eigenvalue weighted by molar-refractivity contribution is -0.145. The van der Waals surface area contributed by atoms with Crippen molar-refractivity contribution in [2.75, 3.05) is 19.8 Å². The first kappa shape index (κ1) is 10.3. The maximum atomic E-state index is 11.2. The van der Waals surface area contributed by atoms with Crippen LogP contribution in [0.4, 0.5) is 0 Å². The van der Waals surface area contributed by atoms with Crippen molar-refractivity contribution in [1.82, 2.24) is 0 Å². The van der Waals surface area contributed by atoms with Gasteiger partial charge in [0.15, 0.2) is 0 Å². The summed E-state index contributed by atoms with van der Waals surface area (Å²) >= 11 is 0. The quantitative estimate of drug-likeness (QED) is 0.355. The van der Waals surface area contributed by atoms with Crippen LogP contribution in [0.5, 0.6) is 0 Å². The average molecular weight is 184 g/mol. The maximum absolute atomic E-state index is 11.2. The molecular weight excluding hydrogens is 168 g/mol. The Morgan fingerprint density at radius 3 is 3.08 bits per heavy atom. The van der Waals surface area contributed by atoms with Crippen molar-refractivity contribution in [3.8, 4) is 0 Å². The molecule has 0 saturated heterocycles. The number of carbonyl (C=O) groups excluding carboxylic acids is 1. The van der Waals surface area contributed by atoms with Gasteiger partial charge in [-0.1, -0.05) is 6.08 Å². The Morgan fingerprint density at radius 1 is 1.69 bits per heavy atom. The minimum absolute atomic E-state index is 0.0743. The molecule has 2 unspecified atom stereocenters. The molecule has 0 spiro atoms. The summed E-state index contributed by atoms with van der Waals surface area (Å²) in [6.45, 7) is 7.05. The van der Waals surface area contributed by atoms with Gasteiger partial charge >= 0.3 is 5.97 Å². The van der Waals surface area contributed by atoms with E-state index in [-0.39, 0.29) is 11.9 Å². The Kier molecular flexibility index (Phi) is 3.96. The highest BCUT2D eigenvalue weighted by Gasteiger charge is 2.44. The van der Waals surface area contributed by atoms with Crippen LogP contribution in [0.1, 0.15) is 13.3 Å². The van der Waals surface area contributed by atoms with Crippen molar-refractivity contribution in [2.24, 2.45) is 11.8 Å². The van der Waals surface area contributed by atoms with Crippen molar-refractivity contribution in [1.29, 1.82) is 0 Å². The summed E-state index contributed by atoms with van der Waals surface area (Å²) in [4.78, 5) is 11.2. The summed E-state index contributed by atoms with van der Waals surface area (Å²) in [6, 6.07) is 0. The number of hydrogen-bond donors (Lipinski definition) is 0. The summed E-state index contributed by atoms with van der Waals surface area (Å²) in [5, 5.41) is 0. The third-order valence-electron chi connectivity index (χ3n) is 2.08. The molecule has 0 heterocycles. The van der Waals surface area contributed by atoms with E-state index in [4.69, 9.17) is 9.47 Å². The Labute approximate surface area is 78.7 Å². The molecule has 13 heavy (non-hydrogen) atoms. The molecule has 74 valence electrons. The molecule has 0 aromatic heterocycles. The molecule has 0 aromatic rings. The van der Waals surface area contributed by atoms with Gasteiger partial charge in [-0.3, -0.25) is 4.79 Å². The molecule has 0 aromatic carbocycles. The van der Waals surface area contributed by atoms with Gasteiger partial charge in [0, 0.05) is 0 Å². The average Bonchev–Trinajstić information content (AvgIpc) is 2.85. The SMILES string of the molecule is C=CCOCC1CC1C(=O)OCC. The van der Waals surface area contributed by atoms with Gasteiger partial charge < -0.3 is 9.47 Å². The molecule has 0 bridgehead atoms. The van der Waals surface area contributed by atoms with Gasteiger partial charge in [0.25, 0.3) is 0 Å². The van der Waals surface area contributed by atoms with E-state index in [1.807, 2.05) is 6.92 Å².